The smallest absolute Gasteiger partial charge is 0.303 e. The van der Waals surface area contributed by atoms with Crippen LogP contribution in [0.1, 0.15) is 63.9 Å². The van der Waals surface area contributed by atoms with E-state index in [9.17, 15) is 4.79 Å². The second-order valence-corrected chi connectivity index (χ2v) is 8.72. The molecule has 1 aromatic rings. The number of likely N-dealkylation sites (tertiary alicyclic amines) is 1. The molecule has 3 atom stereocenters. The molecule has 1 saturated carbocycles. The van der Waals surface area contributed by atoms with E-state index >= 15 is 0 Å². The molecule has 1 aliphatic heterocycles. The molecule has 1 aromatic carbocycles. The van der Waals surface area contributed by atoms with Crippen molar-refractivity contribution in [3.05, 3.63) is 35.9 Å². The van der Waals surface area contributed by atoms with Gasteiger partial charge >= 0.3 is 5.97 Å². The minimum absolute atomic E-state index is 0.239. The van der Waals surface area contributed by atoms with Crippen LogP contribution < -0.4 is 5.32 Å². The molecule has 2 N–H and O–H groups in total. The first-order chi connectivity index (χ1) is 13.1. The number of carboxylic acid groups (broad SMARTS) is 1. The SMILES string of the molecule is CC1CCCC(N2CCC(NC(CCC(=O)O)Cc3ccccc3)CC2)C1. The van der Waals surface area contributed by atoms with Crippen molar-refractivity contribution in [2.24, 2.45) is 5.92 Å². The lowest BCUT2D eigenvalue weighted by Crippen LogP contribution is -2.50. The molecular formula is C23H36N2O2. The molecule has 2 fully saturated rings. The Labute approximate surface area is 164 Å². The first-order valence-electron chi connectivity index (χ1n) is 10.9. The minimum atomic E-state index is -0.698. The topological polar surface area (TPSA) is 52.6 Å². The summed E-state index contributed by atoms with van der Waals surface area (Å²) >= 11 is 0. The van der Waals surface area contributed by atoms with E-state index in [1.54, 1.807) is 0 Å². The number of nitrogens with zero attached hydrogens (tertiary/aromatic N) is 1. The molecule has 3 unspecified atom stereocenters. The molecule has 4 heteroatoms. The third kappa shape index (κ3) is 6.62. The third-order valence-electron chi connectivity index (χ3n) is 6.46. The van der Waals surface area contributed by atoms with Crippen molar-refractivity contribution in [1.29, 1.82) is 0 Å². The van der Waals surface area contributed by atoms with Gasteiger partial charge in [0.15, 0.2) is 0 Å². The van der Waals surface area contributed by atoms with E-state index in [0.717, 1.165) is 18.4 Å². The predicted molar refractivity (Wildman–Crippen MR) is 110 cm³/mol. The summed E-state index contributed by atoms with van der Waals surface area (Å²) in [6.07, 6.45) is 9.75. The number of carbonyl (C=O) groups is 1. The van der Waals surface area contributed by atoms with Crippen molar-refractivity contribution >= 4 is 5.97 Å². The van der Waals surface area contributed by atoms with Gasteiger partial charge in [-0.25, -0.2) is 0 Å². The molecule has 0 amide bonds. The number of piperidine rings is 1. The van der Waals surface area contributed by atoms with E-state index in [1.165, 1.54) is 57.2 Å². The predicted octanol–water partition coefficient (Wildman–Crippen LogP) is 4.10. The van der Waals surface area contributed by atoms with Gasteiger partial charge in [-0.3, -0.25) is 4.79 Å². The van der Waals surface area contributed by atoms with Crippen LogP contribution in [0.5, 0.6) is 0 Å². The van der Waals surface area contributed by atoms with Gasteiger partial charge in [0.05, 0.1) is 0 Å². The van der Waals surface area contributed by atoms with Gasteiger partial charge in [0.2, 0.25) is 0 Å². The zero-order valence-electron chi connectivity index (χ0n) is 16.8. The fraction of sp³-hybridized carbons (Fsp3) is 0.696. The third-order valence-corrected chi connectivity index (χ3v) is 6.46. The van der Waals surface area contributed by atoms with Crippen LogP contribution in [0.4, 0.5) is 0 Å². The summed E-state index contributed by atoms with van der Waals surface area (Å²) in [6, 6.07) is 12.0. The molecule has 1 aliphatic carbocycles. The van der Waals surface area contributed by atoms with E-state index in [1.807, 2.05) is 6.07 Å². The Balaban J connectivity index is 1.49. The van der Waals surface area contributed by atoms with Gasteiger partial charge < -0.3 is 15.3 Å². The number of aliphatic carboxylic acids is 1. The molecule has 27 heavy (non-hydrogen) atoms. The van der Waals surface area contributed by atoms with Crippen molar-refractivity contribution in [3.8, 4) is 0 Å². The maximum atomic E-state index is 11.1. The van der Waals surface area contributed by atoms with Crippen molar-refractivity contribution in [2.75, 3.05) is 13.1 Å². The van der Waals surface area contributed by atoms with Crippen LogP contribution in [0.25, 0.3) is 0 Å². The van der Waals surface area contributed by atoms with Gasteiger partial charge in [-0.1, -0.05) is 50.1 Å². The Kier molecular flexibility index (Phi) is 7.71. The van der Waals surface area contributed by atoms with Gasteiger partial charge in [-0.2, -0.15) is 0 Å². The van der Waals surface area contributed by atoms with E-state index in [2.05, 4.69) is 41.4 Å². The lowest BCUT2D eigenvalue weighted by molar-refractivity contribution is -0.137. The molecule has 2 aliphatic rings. The molecule has 3 rings (SSSR count). The van der Waals surface area contributed by atoms with Crippen LogP contribution >= 0.6 is 0 Å². The highest BCUT2D eigenvalue weighted by Gasteiger charge is 2.29. The van der Waals surface area contributed by atoms with Gasteiger partial charge in [0.25, 0.3) is 0 Å². The van der Waals surface area contributed by atoms with Gasteiger partial charge in [-0.15, -0.1) is 0 Å². The van der Waals surface area contributed by atoms with Crippen LogP contribution in [0.2, 0.25) is 0 Å². The Hall–Kier alpha value is -1.39. The van der Waals surface area contributed by atoms with E-state index in [0.29, 0.717) is 12.5 Å². The maximum absolute atomic E-state index is 11.1. The van der Waals surface area contributed by atoms with Crippen molar-refractivity contribution in [2.45, 2.75) is 82.8 Å². The normalized spacial score (nSPS) is 26.0. The van der Waals surface area contributed by atoms with Crippen molar-refractivity contribution < 1.29 is 9.90 Å². The second kappa shape index (κ2) is 10.2. The Morgan fingerprint density at radius 1 is 1.19 bits per heavy atom. The standard InChI is InChI=1S/C23H36N2O2/c1-18-6-5-9-22(16-18)25-14-12-20(13-15-25)24-21(10-11-23(26)27)17-19-7-3-2-4-8-19/h2-4,7-8,18,20-22,24H,5-6,9-17H2,1H3,(H,26,27). The van der Waals surface area contributed by atoms with Crippen LogP contribution in [0.15, 0.2) is 30.3 Å². The summed E-state index contributed by atoms with van der Waals surface area (Å²) in [4.78, 5) is 13.8. The molecule has 1 heterocycles. The van der Waals surface area contributed by atoms with Gasteiger partial charge in [0, 0.05) is 24.5 Å². The summed E-state index contributed by atoms with van der Waals surface area (Å²) in [6.45, 7) is 4.77. The molecule has 0 aromatic heterocycles. The molecule has 1 saturated heterocycles. The number of hydrogen-bond acceptors (Lipinski definition) is 3. The van der Waals surface area contributed by atoms with E-state index in [4.69, 9.17) is 5.11 Å². The van der Waals surface area contributed by atoms with Crippen LogP contribution in [-0.4, -0.2) is 47.2 Å². The largest absolute Gasteiger partial charge is 0.481 e. The van der Waals surface area contributed by atoms with Gasteiger partial charge in [-0.05, 0) is 63.1 Å². The molecule has 0 spiro atoms. The monoisotopic (exact) mass is 372 g/mol. The highest BCUT2D eigenvalue weighted by molar-refractivity contribution is 5.66. The highest BCUT2D eigenvalue weighted by atomic mass is 16.4. The Morgan fingerprint density at radius 2 is 1.93 bits per heavy atom. The fourth-order valence-corrected chi connectivity index (χ4v) is 4.94. The van der Waals surface area contributed by atoms with Gasteiger partial charge in [0.1, 0.15) is 0 Å². The van der Waals surface area contributed by atoms with Crippen LogP contribution in [0, 0.1) is 5.92 Å². The van der Waals surface area contributed by atoms with Crippen molar-refractivity contribution in [3.63, 3.8) is 0 Å². The average Bonchev–Trinajstić information content (AvgIpc) is 2.67. The Morgan fingerprint density at radius 3 is 2.59 bits per heavy atom. The average molecular weight is 373 g/mol. The number of benzene rings is 1. The second-order valence-electron chi connectivity index (χ2n) is 8.72. The summed E-state index contributed by atoms with van der Waals surface area (Å²) in [5.74, 6) is 0.182. The van der Waals surface area contributed by atoms with Crippen molar-refractivity contribution in [1.82, 2.24) is 10.2 Å². The molecular weight excluding hydrogens is 336 g/mol. The van der Waals surface area contributed by atoms with Crippen LogP contribution in [0.3, 0.4) is 0 Å². The molecule has 0 radical (unpaired) electrons. The molecule has 4 nitrogen and oxygen atoms in total. The quantitative estimate of drug-likeness (QED) is 0.721. The summed E-state index contributed by atoms with van der Waals surface area (Å²) in [5, 5.41) is 12.9. The lowest BCUT2D eigenvalue weighted by atomic mass is 9.85. The summed E-state index contributed by atoms with van der Waals surface area (Å²) < 4.78 is 0. The first kappa shape index (κ1) is 20.3. The fourth-order valence-electron chi connectivity index (χ4n) is 4.94. The number of rotatable bonds is 8. The Bertz CT molecular complexity index is 569. The molecule has 150 valence electrons. The molecule has 0 bridgehead atoms. The maximum Gasteiger partial charge on any atom is 0.303 e. The number of carboxylic acids is 1. The lowest BCUT2D eigenvalue weighted by Gasteiger charge is -2.41. The zero-order chi connectivity index (χ0) is 19.1. The number of nitrogens with one attached hydrogen (secondary N) is 1. The van der Waals surface area contributed by atoms with E-state index in [-0.39, 0.29) is 12.5 Å². The first-order valence-corrected chi connectivity index (χ1v) is 10.9. The number of hydrogen-bond donors (Lipinski definition) is 2. The zero-order valence-corrected chi connectivity index (χ0v) is 16.8. The minimum Gasteiger partial charge on any atom is -0.481 e. The summed E-state index contributed by atoms with van der Waals surface area (Å²) in [5.41, 5.74) is 1.29. The van der Waals surface area contributed by atoms with Crippen LogP contribution in [-0.2, 0) is 11.2 Å². The highest BCUT2D eigenvalue weighted by Crippen LogP contribution is 2.29. The summed E-state index contributed by atoms with van der Waals surface area (Å²) in [7, 11) is 0. The van der Waals surface area contributed by atoms with E-state index < -0.39 is 5.97 Å².